The highest BCUT2D eigenvalue weighted by atomic mass is 19.1. The van der Waals surface area contributed by atoms with Crippen LogP contribution in [0.15, 0.2) is 46.3 Å². The van der Waals surface area contributed by atoms with E-state index in [1.165, 1.54) is 12.1 Å². The monoisotopic (exact) mass is 435 g/mol. The van der Waals surface area contributed by atoms with Crippen molar-refractivity contribution in [3.63, 3.8) is 0 Å². The maximum absolute atomic E-state index is 14.0. The third kappa shape index (κ3) is 4.23. The maximum atomic E-state index is 14.0. The lowest BCUT2D eigenvalue weighted by Crippen LogP contribution is -2.36. The van der Waals surface area contributed by atoms with Crippen LogP contribution >= 0.6 is 0 Å². The molecule has 0 spiro atoms. The first-order valence-electron chi connectivity index (χ1n) is 10.9. The third-order valence-corrected chi connectivity index (χ3v) is 5.98. The van der Waals surface area contributed by atoms with Crippen LogP contribution in [0.2, 0.25) is 0 Å². The summed E-state index contributed by atoms with van der Waals surface area (Å²) in [4.78, 5) is 31.4. The summed E-state index contributed by atoms with van der Waals surface area (Å²) in [6.07, 6.45) is 5.42. The Balaban J connectivity index is 1.30. The first kappa shape index (κ1) is 20.6. The number of aliphatic imine (C=N–C) groups is 1. The van der Waals surface area contributed by atoms with Crippen molar-refractivity contribution < 1.29 is 8.78 Å². The fourth-order valence-electron chi connectivity index (χ4n) is 4.28. The first-order valence-corrected chi connectivity index (χ1v) is 10.9. The molecule has 5 rings (SSSR count). The number of aromatic nitrogens is 3. The predicted octanol–water partition coefficient (Wildman–Crippen LogP) is 3.64. The van der Waals surface area contributed by atoms with Crippen LogP contribution in [0.3, 0.4) is 0 Å². The topological polar surface area (TPSA) is 74.2 Å². The van der Waals surface area contributed by atoms with E-state index in [0.717, 1.165) is 55.4 Å². The number of hydrogen-bond donors (Lipinski definition) is 1. The second-order valence-electron chi connectivity index (χ2n) is 8.26. The van der Waals surface area contributed by atoms with Crippen LogP contribution in [0, 0.1) is 11.6 Å². The normalized spacial score (nSPS) is 16.5. The number of nitrogens with one attached hydrogen (secondary N) is 1. The molecule has 0 radical (unpaired) electrons. The van der Waals surface area contributed by atoms with Crippen molar-refractivity contribution in [3.05, 3.63) is 81.2 Å². The molecule has 0 saturated heterocycles. The number of hydrogen-bond acceptors (Lipinski definition) is 5. The second kappa shape index (κ2) is 8.70. The van der Waals surface area contributed by atoms with Crippen LogP contribution in [0.4, 0.5) is 8.78 Å². The van der Waals surface area contributed by atoms with E-state index in [9.17, 15) is 13.6 Å². The van der Waals surface area contributed by atoms with Crippen molar-refractivity contribution in [3.8, 4) is 11.3 Å². The van der Waals surface area contributed by atoms with Crippen LogP contribution in [-0.4, -0.2) is 38.7 Å². The summed E-state index contributed by atoms with van der Waals surface area (Å²) in [5.41, 5.74) is 4.04. The van der Waals surface area contributed by atoms with E-state index in [0.29, 0.717) is 36.6 Å². The van der Waals surface area contributed by atoms with Gasteiger partial charge in [0.1, 0.15) is 11.6 Å². The average Bonchev–Trinajstić information content (AvgIpc) is 2.81. The zero-order valence-corrected chi connectivity index (χ0v) is 17.6. The Labute approximate surface area is 184 Å². The average molecular weight is 435 g/mol. The number of aromatic amines is 1. The smallest absolute Gasteiger partial charge is 0.255 e. The van der Waals surface area contributed by atoms with Gasteiger partial charge < -0.3 is 4.98 Å². The molecule has 1 aromatic carbocycles. The second-order valence-corrected chi connectivity index (χ2v) is 8.26. The summed E-state index contributed by atoms with van der Waals surface area (Å²) >= 11 is 0. The van der Waals surface area contributed by atoms with Gasteiger partial charge in [-0.3, -0.25) is 19.7 Å². The van der Waals surface area contributed by atoms with Gasteiger partial charge in [0.05, 0.1) is 22.7 Å². The van der Waals surface area contributed by atoms with Gasteiger partial charge in [-0.25, -0.2) is 13.8 Å². The quantitative estimate of drug-likeness (QED) is 0.679. The summed E-state index contributed by atoms with van der Waals surface area (Å²) in [5.74, 6) is -0.630. The Bertz CT molecular complexity index is 1240. The molecule has 3 aromatic rings. The Morgan fingerprint density at radius 2 is 2.00 bits per heavy atom. The number of benzene rings is 1. The number of rotatable bonds is 4. The molecule has 0 saturated carbocycles. The molecule has 0 amide bonds. The Hall–Kier alpha value is -3.26. The van der Waals surface area contributed by atoms with Gasteiger partial charge >= 0.3 is 0 Å². The predicted molar refractivity (Wildman–Crippen MR) is 118 cm³/mol. The molecule has 0 unspecified atom stereocenters. The molecule has 2 aliphatic rings. The van der Waals surface area contributed by atoms with E-state index in [1.807, 2.05) is 6.07 Å². The minimum absolute atomic E-state index is 0.0942. The van der Waals surface area contributed by atoms with Crippen molar-refractivity contribution in [2.24, 2.45) is 4.99 Å². The van der Waals surface area contributed by atoms with E-state index in [4.69, 9.17) is 4.98 Å². The zero-order valence-electron chi connectivity index (χ0n) is 17.6. The van der Waals surface area contributed by atoms with Gasteiger partial charge in [-0.2, -0.15) is 0 Å². The molecular formula is C24H23F2N5O. The van der Waals surface area contributed by atoms with Gasteiger partial charge in [-0.05, 0) is 43.0 Å². The first-order chi connectivity index (χ1) is 15.6. The standard InChI is InChI=1S/C24H23F2N5O/c25-16-5-6-17(19(26)11-16)20-7-4-15(12-28-20)13-31-10-8-21-18(14-31)24(32)30-23(29-21)22-3-1-2-9-27-22/h4-7,11-12H,1-3,8-10,13-14H2,(H,29,30,32). The minimum atomic E-state index is -0.636. The molecule has 0 aliphatic carbocycles. The molecule has 0 atom stereocenters. The molecule has 8 heteroatoms. The molecule has 164 valence electrons. The zero-order chi connectivity index (χ0) is 22.1. The Morgan fingerprint density at radius 3 is 2.75 bits per heavy atom. The van der Waals surface area contributed by atoms with Gasteiger partial charge in [0.25, 0.3) is 5.56 Å². The Kier molecular flexibility index (Phi) is 5.61. The van der Waals surface area contributed by atoms with Crippen molar-refractivity contribution >= 4 is 5.71 Å². The van der Waals surface area contributed by atoms with Gasteiger partial charge in [0.15, 0.2) is 5.82 Å². The molecule has 6 nitrogen and oxygen atoms in total. The number of halogens is 2. The molecule has 2 aliphatic heterocycles. The van der Waals surface area contributed by atoms with E-state index in [2.05, 4.69) is 19.9 Å². The van der Waals surface area contributed by atoms with Gasteiger partial charge in [0, 0.05) is 50.4 Å². The van der Waals surface area contributed by atoms with Crippen LogP contribution < -0.4 is 5.56 Å². The molecule has 4 heterocycles. The highest BCUT2D eigenvalue weighted by molar-refractivity contribution is 5.97. The number of H-pyrrole nitrogens is 1. The summed E-state index contributed by atoms with van der Waals surface area (Å²) in [7, 11) is 0. The van der Waals surface area contributed by atoms with Crippen molar-refractivity contribution in [1.82, 2.24) is 19.9 Å². The summed E-state index contributed by atoms with van der Waals surface area (Å²) in [5, 5.41) is 0. The maximum Gasteiger partial charge on any atom is 0.255 e. The van der Waals surface area contributed by atoms with E-state index >= 15 is 0 Å². The lowest BCUT2D eigenvalue weighted by molar-refractivity contribution is 0.241. The van der Waals surface area contributed by atoms with Gasteiger partial charge in [0.2, 0.25) is 0 Å². The fourth-order valence-corrected chi connectivity index (χ4v) is 4.28. The fraction of sp³-hybridized carbons (Fsp3) is 0.333. The lowest BCUT2D eigenvalue weighted by atomic mass is 10.0. The molecule has 0 fully saturated rings. The Morgan fingerprint density at radius 1 is 1.09 bits per heavy atom. The summed E-state index contributed by atoms with van der Waals surface area (Å²) in [6, 6.07) is 7.08. The molecule has 32 heavy (non-hydrogen) atoms. The lowest BCUT2D eigenvalue weighted by Gasteiger charge is -2.27. The SMILES string of the molecule is O=c1[nH]c(C2=NCCCC2)nc2c1CN(Cc1ccc(-c3ccc(F)cc3F)nc1)CC2. The van der Waals surface area contributed by atoms with Crippen LogP contribution in [0.5, 0.6) is 0 Å². The molecular weight excluding hydrogens is 412 g/mol. The highest BCUT2D eigenvalue weighted by Crippen LogP contribution is 2.23. The van der Waals surface area contributed by atoms with Crippen LogP contribution in [-0.2, 0) is 19.5 Å². The van der Waals surface area contributed by atoms with E-state index < -0.39 is 11.6 Å². The summed E-state index contributed by atoms with van der Waals surface area (Å²) < 4.78 is 27.1. The van der Waals surface area contributed by atoms with Crippen LogP contribution in [0.1, 0.15) is 41.9 Å². The highest BCUT2D eigenvalue weighted by Gasteiger charge is 2.23. The largest absolute Gasteiger partial charge is 0.305 e. The molecule has 0 bridgehead atoms. The molecule has 1 N–H and O–H groups in total. The molecule has 2 aromatic heterocycles. The summed E-state index contributed by atoms with van der Waals surface area (Å²) in [6.45, 7) is 2.71. The van der Waals surface area contributed by atoms with Crippen molar-refractivity contribution in [2.75, 3.05) is 13.1 Å². The van der Waals surface area contributed by atoms with Crippen molar-refractivity contribution in [2.45, 2.75) is 38.8 Å². The number of fused-ring (bicyclic) bond motifs is 1. The van der Waals surface area contributed by atoms with E-state index in [1.54, 1.807) is 12.3 Å². The minimum Gasteiger partial charge on any atom is -0.305 e. The van der Waals surface area contributed by atoms with E-state index in [-0.39, 0.29) is 11.1 Å². The third-order valence-electron chi connectivity index (χ3n) is 5.98. The van der Waals surface area contributed by atoms with Crippen LogP contribution in [0.25, 0.3) is 11.3 Å². The van der Waals surface area contributed by atoms with Gasteiger partial charge in [-0.15, -0.1) is 0 Å². The number of nitrogens with zero attached hydrogens (tertiary/aromatic N) is 4. The van der Waals surface area contributed by atoms with Gasteiger partial charge in [-0.1, -0.05) is 6.07 Å². The van der Waals surface area contributed by atoms with Crippen molar-refractivity contribution in [1.29, 1.82) is 0 Å². The number of pyridine rings is 1.